The number of nitrogens with zero attached hydrogens (tertiary/aromatic N) is 1. The van der Waals surface area contributed by atoms with Crippen molar-refractivity contribution in [3.05, 3.63) is 65.7 Å². The molecule has 2 rings (SSSR count). The standard InChI is InChI=1S/C21H26N2O3/c1-4-20(25)23(3)18-13-9-8-12-17(18)21(26)22-15(2)19(24)14-16-10-6-5-7-11-16/h5-13,15,19,24H,4,14H2,1-3H3,(H,22,26)/t15-,19-/m1/s1. The topological polar surface area (TPSA) is 69.6 Å². The average molecular weight is 354 g/mol. The number of para-hydroxylation sites is 1. The maximum absolute atomic E-state index is 12.7. The predicted octanol–water partition coefficient (Wildman–Crippen LogP) is 2.78. The maximum Gasteiger partial charge on any atom is 0.253 e. The van der Waals surface area contributed by atoms with Gasteiger partial charge < -0.3 is 15.3 Å². The molecule has 0 spiro atoms. The molecule has 138 valence electrons. The molecular formula is C21H26N2O3. The predicted molar refractivity (Wildman–Crippen MR) is 103 cm³/mol. The van der Waals surface area contributed by atoms with Crippen LogP contribution in [0.25, 0.3) is 0 Å². The molecule has 26 heavy (non-hydrogen) atoms. The van der Waals surface area contributed by atoms with Crippen LogP contribution in [-0.2, 0) is 11.2 Å². The van der Waals surface area contributed by atoms with Crippen molar-refractivity contribution in [1.29, 1.82) is 0 Å². The van der Waals surface area contributed by atoms with Gasteiger partial charge >= 0.3 is 0 Å². The summed E-state index contributed by atoms with van der Waals surface area (Å²) in [4.78, 5) is 26.1. The fraction of sp³-hybridized carbons (Fsp3) is 0.333. The van der Waals surface area contributed by atoms with Crippen LogP contribution in [-0.4, -0.2) is 36.1 Å². The van der Waals surface area contributed by atoms with Gasteiger partial charge in [-0.3, -0.25) is 9.59 Å². The van der Waals surface area contributed by atoms with E-state index in [4.69, 9.17) is 0 Å². The average Bonchev–Trinajstić information content (AvgIpc) is 2.67. The number of amides is 2. The van der Waals surface area contributed by atoms with Gasteiger partial charge in [-0.05, 0) is 24.6 Å². The van der Waals surface area contributed by atoms with Gasteiger partial charge in [-0.15, -0.1) is 0 Å². The third-order valence-electron chi connectivity index (χ3n) is 4.41. The number of carbonyl (C=O) groups is 2. The van der Waals surface area contributed by atoms with E-state index < -0.39 is 12.1 Å². The van der Waals surface area contributed by atoms with Crippen molar-refractivity contribution in [2.45, 2.75) is 38.8 Å². The fourth-order valence-corrected chi connectivity index (χ4v) is 2.74. The lowest BCUT2D eigenvalue weighted by atomic mass is 10.0. The molecule has 2 atom stereocenters. The Morgan fingerprint density at radius 1 is 1.08 bits per heavy atom. The SMILES string of the molecule is CCC(=O)N(C)c1ccccc1C(=O)N[C@H](C)[C@H](O)Cc1ccccc1. The lowest BCUT2D eigenvalue weighted by Gasteiger charge is -2.23. The molecule has 2 aromatic carbocycles. The highest BCUT2D eigenvalue weighted by atomic mass is 16.3. The van der Waals surface area contributed by atoms with E-state index in [-0.39, 0.29) is 11.8 Å². The van der Waals surface area contributed by atoms with Crippen LogP contribution < -0.4 is 10.2 Å². The molecule has 5 nitrogen and oxygen atoms in total. The van der Waals surface area contributed by atoms with Gasteiger partial charge in [0.1, 0.15) is 0 Å². The molecular weight excluding hydrogens is 328 g/mol. The van der Waals surface area contributed by atoms with Gasteiger partial charge in [0.2, 0.25) is 5.91 Å². The summed E-state index contributed by atoms with van der Waals surface area (Å²) >= 11 is 0. The Morgan fingerprint density at radius 2 is 1.69 bits per heavy atom. The summed E-state index contributed by atoms with van der Waals surface area (Å²) in [5, 5.41) is 13.2. The quantitative estimate of drug-likeness (QED) is 0.803. The number of carbonyl (C=O) groups excluding carboxylic acids is 2. The van der Waals surface area contributed by atoms with Crippen LogP contribution in [0, 0.1) is 0 Å². The van der Waals surface area contributed by atoms with E-state index in [0.29, 0.717) is 24.1 Å². The third kappa shape index (κ3) is 4.92. The molecule has 0 aliphatic carbocycles. The number of benzene rings is 2. The van der Waals surface area contributed by atoms with Gasteiger partial charge in [-0.2, -0.15) is 0 Å². The van der Waals surface area contributed by atoms with Crippen LogP contribution in [0.1, 0.15) is 36.2 Å². The molecule has 0 unspecified atom stereocenters. The van der Waals surface area contributed by atoms with Crippen molar-refractivity contribution in [2.24, 2.45) is 0 Å². The summed E-state index contributed by atoms with van der Waals surface area (Å²) in [6.45, 7) is 3.55. The summed E-state index contributed by atoms with van der Waals surface area (Å²) in [6.07, 6.45) is 0.111. The van der Waals surface area contributed by atoms with Crippen LogP contribution >= 0.6 is 0 Å². The first-order valence-electron chi connectivity index (χ1n) is 8.82. The number of anilines is 1. The second-order valence-electron chi connectivity index (χ2n) is 6.34. The first kappa shape index (κ1) is 19.7. The van der Waals surface area contributed by atoms with E-state index in [9.17, 15) is 14.7 Å². The second kappa shape index (κ2) is 9.15. The van der Waals surface area contributed by atoms with Crippen LogP contribution in [0.2, 0.25) is 0 Å². The highest BCUT2D eigenvalue weighted by Crippen LogP contribution is 2.20. The first-order chi connectivity index (χ1) is 12.4. The molecule has 2 aromatic rings. The number of rotatable bonds is 7. The highest BCUT2D eigenvalue weighted by Gasteiger charge is 2.21. The highest BCUT2D eigenvalue weighted by molar-refractivity contribution is 6.04. The Labute approximate surface area is 154 Å². The molecule has 0 saturated heterocycles. The third-order valence-corrected chi connectivity index (χ3v) is 4.41. The molecule has 0 saturated carbocycles. The van der Waals surface area contributed by atoms with Gasteiger partial charge in [-0.25, -0.2) is 0 Å². The van der Waals surface area contributed by atoms with Gasteiger partial charge in [0.25, 0.3) is 5.91 Å². The Hall–Kier alpha value is -2.66. The summed E-state index contributed by atoms with van der Waals surface area (Å²) in [7, 11) is 1.66. The van der Waals surface area contributed by atoms with Crippen molar-refractivity contribution in [2.75, 3.05) is 11.9 Å². The number of aliphatic hydroxyl groups excluding tert-OH is 1. The Kier molecular flexibility index (Phi) is 6.92. The smallest absolute Gasteiger partial charge is 0.253 e. The molecule has 2 amide bonds. The Morgan fingerprint density at radius 3 is 2.35 bits per heavy atom. The zero-order chi connectivity index (χ0) is 19.1. The molecule has 0 bridgehead atoms. The molecule has 0 aliphatic rings. The first-order valence-corrected chi connectivity index (χ1v) is 8.82. The van der Waals surface area contributed by atoms with Crippen molar-refractivity contribution >= 4 is 17.5 Å². The summed E-state index contributed by atoms with van der Waals surface area (Å²) in [6, 6.07) is 16.2. The van der Waals surface area contributed by atoms with Gasteiger partial charge in [0.15, 0.2) is 0 Å². The van der Waals surface area contributed by atoms with Crippen molar-refractivity contribution < 1.29 is 14.7 Å². The largest absolute Gasteiger partial charge is 0.391 e. The van der Waals surface area contributed by atoms with Gasteiger partial charge in [0, 0.05) is 19.9 Å². The molecule has 0 aliphatic heterocycles. The maximum atomic E-state index is 12.7. The minimum absolute atomic E-state index is 0.0672. The monoisotopic (exact) mass is 354 g/mol. The van der Waals surface area contributed by atoms with Crippen molar-refractivity contribution in [1.82, 2.24) is 5.32 Å². The van der Waals surface area contributed by atoms with E-state index in [0.717, 1.165) is 5.56 Å². The molecule has 0 radical (unpaired) electrons. The zero-order valence-corrected chi connectivity index (χ0v) is 15.5. The molecule has 0 fully saturated rings. The van der Waals surface area contributed by atoms with E-state index in [1.807, 2.05) is 30.3 Å². The Bertz CT molecular complexity index is 746. The molecule has 5 heteroatoms. The number of aliphatic hydroxyl groups is 1. The fourth-order valence-electron chi connectivity index (χ4n) is 2.74. The normalized spacial score (nSPS) is 12.9. The number of hydrogen-bond acceptors (Lipinski definition) is 3. The lowest BCUT2D eigenvalue weighted by Crippen LogP contribution is -2.42. The van der Waals surface area contributed by atoms with E-state index >= 15 is 0 Å². The van der Waals surface area contributed by atoms with Crippen molar-refractivity contribution in [3.63, 3.8) is 0 Å². The molecule has 0 aromatic heterocycles. The van der Waals surface area contributed by atoms with Crippen LogP contribution in [0.15, 0.2) is 54.6 Å². The van der Waals surface area contributed by atoms with Crippen LogP contribution in [0.5, 0.6) is 0 Å². The van der Waals surface area contributed by atoms with Gasteiger partial charge in [0.05, 0.1) is 23.4 Å². The van der Waals surface area contributed by atoms with Crippen LogP contribution in [0.4, 0.5) is 5.69 Å². The number of nitrogens with one attached hydrogen (secondary N) is 1. The van der Waals surface area contributed by atoms with Crippen molar-refractivity contribution in [3.8, 4) is 0 Å². The summed E-state index contributed by atoms with van der Waals surface area (Å²) in [5.74, 6) is -0.377. The van der Waals surface area contributed by atoms with Crippen LogP contribution in [0.3, 0.4) is 0 Å². The van der Waals surface area contributed by atoms with E-state index in [2.05, 4.69) is 5.32 Å². The second-order valence-corrected chi connectivity index (χ2v) is 6.34. The minimum atomic E-state index is -0.705. The lowest BCUT2D eigenvalue weighted by molar-refractivity contribution is -0.118. The molecule has 0 heterocycles. The summed E-state index contributed by atoms with van der Waals surface area (Å²) in [5.41, 5.74) is 1.98. The van der Waals surface area contributed by atoms with E-state index in [1.54, 1.807) is 45.2 Å². The molecule has 2 N–H and O–H groups in total. The Balaban J connectivity index is 2.08. The van der Waals surface area contributed by atoms with E-state index in [1.165, 1.54) is 4.90 Å². The summed E-state index contributed by atoms with van der Waals surface area (Å²) < 4.78 is 0. The minimum Gasteiger partial charge on any atom is -0.391 e. The number of hydrogen-bond donors (Lipinski definition) is 2. The van der Waals surface area contributed by atoms with Gasteiger partial charge in [-0.1, -0.05) is 49.4 Å². The zero-order valence-electron chi connectivity index (χ0n) is 15.5.